The second-order valence-electron chi connectivity index (χ2n) is 15.0. The van der Waals surface area contributed by atoms with Crippen molar-refractivity contribution in [3.63, 3.8) is 0 Å². The van der Waals surface area contributed by atoms with Crippen LogP contribution < -0.4 is 8.85 Å². The van der Waals surface area contributed by atoms with E-state index < -0.39 is 31.6 Å². The molecule has 0 unspecified atom stereocenters. The van der Waals surface area contributed by atoms with Crippen molar-refractivity contribution in [2.75, 3.05) is 0 Å². The average molecular weight is 592 g/mol. The molecule has 0 aliphatic carbocycles. The van der Waals surface area contributed by atoms with E-state index in [4.69, 9.17) is 8.85 Å². The molecule has 1 rings (SSSR count). The molecule has 0 bridgehead atoms. The Bertz CT molecular complexity index is 835. The minimum Gasteiger partial charge on any atom is -0.546 e. The Labute approximate surface area is 242 Å². The first kappa shape index (κ1) is 35.5. The maximum atomic E-state index is 7.82. The van der Waals surface area contributed by atoms with Gasteiger partial charge in [0.1, 0.15) is 11.5 Å². The van der Waals surface area contributed by atoms with Gasteiger partial charge in [-0.15, -0.1) is 0 Å². The van der Waals surface area contributed by atoms with Crippen LogP contribution in [0.5, 0.6) is 11.5 Å². The Morgan fingerprint density at radius 3 is 1.34 bits per heavy atom. The first-order chi connectivity index (χ1) is 17.1. The lowest BCUT2D eigenvalue weighted by Gasteiger charge is -2.57. The van der Waals surface area contributed by atoms with Crippen LogP contribution in [-0.4, -0.2) is 31.6 Å². The summed E-state index contributed by atoms with van der Waals surface area (Å²) in [5, 5.41) is 0.119. The Balaban J connectivity index is 4.17. The zero-order valence-corrected chi connectivity index (χ0v) is 32.3. The van der Waals surface area contributed by atoms with Crippen molar-refractivity contribution in [2.24, 2.45) is 0 Å². The van der Waals surface area contributed by atoms with Gasteiger partial charge in [-0.1, -0.05) is 123 Å². The molecular formula is C32H63O2Si4. The molecule has 0 amide bonds. The molecule has 0 aliphatic rings. The van der Waals surface area contributed by atoms with Crippen LogP contribution >= 0.6 is 0 Å². The minimum atomic E-state index is -2.05. The summed E-state index contributed by atoms with van der Waals surface area (Å²) in [6, 6.07) is 6.55. The number of benzene rings is 1. The predicted octanol–water partition coefficient (Wildman–Crippen LogP) is 11.6. The summed E-state index contributed by atoms with van der Waals surface area (Å²) in [4.78, 5) is 0. The molecule has 1 radical (unpaired) electrons. The topological polar surface area (TPSA) is 18.5 Å². The average Bonchev–Trinajstić information content (AvgIpc) is 2.73. The van der Waals surface area contributed by atoms with Gasteiger partial charge in [-0.3, -0.25) is 0 Å². The van der Waals surface area contributed by atoms with E-state index in [0.29, 0.717) is 33.2 Å². The van der Waals surface area contributed by atoms with Gasteiger partial charge in [-0.25, -0.2) is 0 Å². The van der Waals surface area contributed by atoms with Crippen LogP contribution in [0, 0.1) is 0 Å². The molecule has 38 heavy (non-hydrogen) atoms. The first-order valence-electron chi connectivity index (χ1n) is 15.2. The van der Waals surface area contributed by atoms with Gasteiger partial charge in [0.25, 0.3) is 8.32 Å². The molecule has 1 aromatic rings. The number of hydrogen-bond donors (Lipinski definition) is 0. The van der Waals surface area contributed by atoms with E-state index in [2.05, 4.69) is 142 Å². The lowest BCUT2D eigenvalue weighted by Crippen LogP contribution is -2.76. The van der Waals surface area contributed by atoms with Crippen molar-refractivity contribution in [1.29, 1.82) is 0 Å². The summed E-state index contributed by atoms with van der Waals surface area (Å²) in [5.74, 6) is 1.93. The van der Waals surface area contributed by atoms with Crippen molar-refractivity contribution in [3.05, 3.63) is 30.3 Å². The fraction of sp³-hybridized carbons (Fsp3) is 0.750. The highest BCUT2D eigenvalue weighted by Gasteiger charge is 2.65. The van der Waals surface area contributed by atoms with Crippen LogP contribution in [-0.2, 0) is 0 Å². The van der Waals surface area contributed by atoms with Crippen LogP contribution in [0.2, 0.25) is 51.4 Å². The Hall–Kier alpha value is -0.572. The molecule has 0 fully saturated rings. The highest BCUT2D eigenvalue weighted by Crippen LogP contribution is 2.54. The SMILES string of the molecule is C=Cc1ccc(O[Si](C)(C)C(C)(C)C)c(O[Si]([Si](C(C)C)(C(C)C)C(C)C)[Si](C(C)C)(C(C)C)C(C)C)c1. The summed E-state index contributed by atoms with van der Waals surface area (Å²) in [6.07, 6.45) is 1.95. The van der Waals surface area contributed by atoms with Gasteiger partial charge in [0.05, 0.1) is 15.2 Å². The molecule has 0 heterocycles. The van der Waals surface area contributed by atoms with Crippen LogP contribution in [0.15, 0.2) is 24.8 Å². The van der Waals surface area contributed by atoms with Gasteiger partial charge in [0, 0.05) is 0 Å². The zero-order chi connectivity index (χ0) is 30.0. The van der Waals surface area contributed by atoms with Gasteiger partial charge in [-0.05, 0) is 69.1 Å². The smallest absolute Gasteiger partial charge is 0.250 e. The van der Waals surface area contributed by atoms with Crippen molar-refractivity contribution < 1.29 is 8.85 Å². The van der Waals surface area contributed by atoms with E-state index in [1.807, 2.05) is 6.08 Å². The molecule has 0 N–H and O–H groups in total. The molecule has 6 heteroatoms. The Morgan fingerprint density at radius 1 is 0.684 bits per heavy atom. The van der Waals surface area contributed by atoms with Crippen LogP contribution in [0.25, 0.3) is 6.08 Å². The Kier molecular flexibility index (Phi) is 12.1. The molecule has 2 nitrogen and oxygen atoms in total. The van der Waals surface area contributed by atoms with E-state index in [1.54, 1.807) is 0 Å². The number of hydrogen-bond acceptors (Lipinski definition) is 2. The van der Waals surface area contributed by atoms with Crippen molar-refractivity contribution in [3.8, 4) is 11.5 Å². The maximum absolute atomic E-state index is 7.82. The zero-order valence-electron chi connectivity index (χ0n) is 28.3. The van der Waals surface area contributed by atoms with E-state index >= 15 is 0 Å². The monoisotopic (exact) mass is 591 g/mol. The van der Waals surface area contributed by atoms with Gasteiger partial charge in [0.2, 0.25) is 8.08 Å². The third-order valence-corrected chi connectivity index (χ3v) is 51.4. The van der Waals surface area contributed by atoms with Crippen molar-refractivity contribution in [1.82, 2.24) is 0 Å². The first-order valence-corrected chi connectivity index (χ1v) is 25.9. The third-order valence-electron chi connectivity index (χ3n) is 10.1. The molecule has 0 aliphatic heterocycles. The molecular weight excluding hydrogens is 529 g/mol. The fourth-order valence-corrected chi connectivity index (χ4v) is 56.9. The lowest BCUT2D eigenvalue weighted by molar-refractivity contribution is 0.464. The van der Waals surface area contributed by atoms with Gasteiger partial charge < -0.3 is 8.85 Å². The largest absolute Gasteiger partial charge is 0.546 e. The van der Waals surface area contributed by atoms with Crippen LogP contribution in [0.4, 0.5) is 0 Å². The quantitative estimate of drug-likeness (QED) is 0.212. The second kappa shape index (κ2) is 12.9. The molecule has 0 saturated carbocycles. The van der Waals surface area contributed by atoms with Crippen molar-refractivity contribution >= 4 is 37.7 Å². The fourth-order valence-electron chi connectivity index (χ4n) is 7.48. The molecule has 0 atom stereocenters. The van der Waals surface area contributed by atoms with E-state index in [0.717, 1.165) is 17.1 Å². The maximum Gasteiger partial charge on any atom is 0.250 e. The standard InChI is InChI=1S/C32H63O2Si4/c1-19-29-20-21-30(34-36(17,18)32(14,15)16)31(22-29)33-35(37(23(2)3,24(4)5)25(6)7)38(26(8)9,27(10)11)28(12)13/h19-28H,1H2,2-18H3. The summed E-state index contributed by atoms with van der Waals surface area (Å²) in [6.45, 7) is 46.0. The summed E-state index contributed by atoms with van der Waals surface area (Å²) in [5.41, 5.74) is 5.07. The van der Waals surface area contributed by atoms with Crippen LogP contribution in [0.1, 0.15) is 109 Å². The normalized spacial score (nSPS) is 14.1. The summed E-state index contributed by atoms with van der Waals surface area (Å²) >= 11 is 0. The molecule has 0 aromatic heterocycles. The molecule has 0 saturated heterocycles. The summed E-state index contributed by atoms with van der Waals surface area (Å²) in [7, 11) is -7.17. The number of rotatable bonds is 13. The molecule has 0 spiro atoms. The second-order valence-corrected chi connectivity index (χ2v) is 40.7. The van der Waals surface area contributed by atoms with E-state index in [1.165, 1.54) is 0 Å². The highest BCUT2D eigenvalue weighted by atomic mass is 29.6. The van der Waals surface area contributed by atoms with Crippen molar-refractivity contribution in [2.45, 2.75) is 155 Å². The summed E-state index contributed by atoms with van der Waals surface area (Å²) < 4.78 is 14.8. The van der Waals surface area contributed by atoms with E-state index in [-0.39, 0.29) is 5.04 Å². The van der Waals surface area contributed by atoms with Crippen LogP contribution in [0.3, 0.4) is 0 Å². The van der Waals surface area contributed by atoms with Gasteiger partial charge in [-0.2, -0.15) is 0 Å². The Morgan fingerprint density at radius 2 is 1.05 bits per heavy atom. The van der Waals surface area contributed by atoms with Gasteiger partial charge in [0.15, 0.2) is 0 Å². The molecule has 219 valence electrons. The highest BCUT2D eigenvalue weighted by molar-refractivity contribution is 7.61. The predicted molar refractivity (Wildman–Crippen MR) is 183 cm³/mol. The van der Waals surface area contributed by atoms with E-state index in [9.17, 15) is 0 Å². The van der Waals surface area contributed by atoms with Gasteiger partial charge >= 0.3 is 0 Å². The molecule has 1 aromatic carbocycles. The third kappa shape index (κ3) is 6.49. The lowest BCUT2D eigenvalue weighted by atomic mass is 10.2. The minimum absolute atomic E-state index is 0.119.